The third-order valence-corrected chi connectivity index (χ3v) is 12.3. The Hall–Kier alpha value is -6.90. The quantitative estimate of drug-likeness (QED) is 0.131. The molecule has 0 bridgehead atoms. The second-order valence-corrected chi connectivity index (χ2v) is 15.7. The molecule has 1 aliphatic carbocycles. The van der Waals surface area contributed by atoms with E-state index in [-0.39, 0.29) is 5.41 Å². The Morgan fingerprint density at radius 3 is 1.96 bits per heavy atom. The summed E-state index contributed by atoms with van der Waals surface area (Å²) in [6, 6.07) is 64.5. The van der Waals surface area contributed by atoms with Crippen LogP contribution in [0.1, 0.15) is 25.0 Å². The van der Waals surface area contributed by atoms with Crippen molar-refractivity contribution in [1.82, 2.24) is 0 Å². The van der Waals surface area contributed by atoms with Crippen LogP contribution in [0.15, 0.2) is 180 Å². The molecule has 1 aromatic heterocycles. The lowest BCUT2D eigenvalue weighted by Gasteiger charge is -2.28. The molecule has 2 heteroatoms. The van der Waals surface area contributed by atoms with Gasteiger partial charge in [-0.2, -0.15) is 0 Å². The predicted molar refractivity (Wildman–Crippen MR) is 232 cm³/mol. The summed E-state index contributed by atoms with van der Waals surface area (Å²) in [5.74, 6) is 0. The van der Waals surface area contributed by atoms with Crippen molar-refractivity contribution < 1.29 is 4.42 Å². The van der Waals surface area contributed by atoms with Gasteiger partial charge < -0.3 is 9.32 Å². The molecule has 0 spiro atoms. The average Bonchev–Trinajstić information content (AvgIpc) is 3.74. The van der Waals surface area contributed by atoms with E-state index >= 15 is 0 Å². The van der Waals surface area contributed by atoms with Crippen molar-refractivity contribution in [1.29, 1.82) is 0 Å². The van der Waals surface area contributed by atoms with Crippen molar-refractivity contribution in [2.75, 3.05) is 4.90 Å². The molecule has 0 saturated heterocycles. The maximum absolute atomic E-state index is 6.79. The van der Waals surface area contributed by atoms with E-state index in [0.29, 0.717) is 0 Å². The second-order valence-electron chi connectivity index (χ2n) is 15.7. The molecule has 1 aliphatic rings. The van der Waals surface area contributed by atoms with Gasteiger partial charge in [0.05, 0.1) is 0 Å². The standard InChI is InChI=1S/C53H35NO/c1-53(2)45-19-7-6-16-40(45)41-28-27-39(31-46(41)53)54(37-14-4-3-5-15-37)38-25-23-32(24-26-38)34-12-8-13-35(29-34)44-30-36-22-21-33-11-9-17-42-43-18-10-20-47-50(43)51(52(44)55-47)49(36)48(33)42/h3-31H,1-2H3. The Labute approximate surface area is 319 Å². The van der Waals surface area contributed by atoms with E-state index in [0.717, 1.165) is 39.4 Å². The Morgan fingerprint density at radius 2 is 1.09 bits per heavy atom. The van der Waals surface area contributed by atoms with Crippen LogP contribution >= 0.6 is 0 Å². The second kappa shape index (κ2) is 11.1. The Bertz CT molecular complexity index is 3280. The molecule has 0 aliphatic heterocycles. The van der Waals surface area contributed by atoms with Gasteiger partial charge in [-0.1, -0.05) is 135 Å². The zero-order chi connectivity index (χ0) is 36.4. The molecule has 11 aromatic rings. The molecule has 0 saturated carbocycles. The summed E-state index contributed by atoms with van der Waals surface area (Å²) in [4.78, 5) is 2.38. The van der Waals surface area contributed by atoms with E-state index < -0.39 is 0 Å². The van der Waals surface area contributed by atoms with Crippen molar-refractivity contribution in [3.05, 3.63) is 187 Å². The third-order valence-electron chi connectivity index (χ3n) is 12.3. The first-order valence-corrected chi connectivity index (χ1v) is 19.2. The van der Waals surface area contributed by atoms with Gasteiger partial charge in [0.1, 0.15) is 11.2 Å². The van der Waals surface area contributed by atoms with Crippen molar-refractivity contribution in [3.8, 4) is 33.4 Å². The van der Waals surface area contributed by atoms with Crippen LogP contribution in [0.4, 0.5) is 17.1 Å². The predicted octanol–water partition coefficient (Wildman–Crippen LogP) is 15.0. The maximum atomic E-state index is 6.79. The van der Waals surface area contributed by atoms with Crippen LogP contribution in [-0.2, 0) is 5.41 Å². The molecule has 1 heterocycles. The SMILES string of the molecule is CC1(C)c2ccccc2-c2ccc(N(c3ccccc3)c3ccc(-c4cccc(-c5cc6ccc7cccc8c9cccc%10oc5c(c%109)c6c78)c4)cc3)cc21. The number of para-hydroxylation sites is 1. The molecule has 0 fully saturated rings. The minimum Gasteiger partial charge on any atom is -0.455 e. The largest absolute Gasteiger partial charge is 0.455 e. The zero-order valence-corrected chi connectivity index (χ0v) is 30.6. The van der Waals surface area contributed by atoms with Gasteiger partial charge in [0, 0.05) is 44.2 Å². The number of nitrogens with zero attached hydrogens (tertiary/aromatic N) is 1. The number of rotatable bonds is 5. The Morgan fingerprint density at radius 1 is 0.400 bits per heavy atom. The van der Waals surface area contributed by atoms with Gasteiger partial charge in [-0.05, 0) is 120 Å². The number of hydrogen-bond acceptors (Lipinski definition) is 2. The monoisotopic (exact) mass is 701 g/mol. The highest BCUT2D eigenvalue weighted by Gasteiger charge is 2.35. The summed E-state index contributed by atoms with van der Waals surface area (Å²) in [6.07, 6.45) is 0. The first kappa shape index (κ1) is 30.6. The molecule has 0 atom stereocenters. The molecular weight excluding hydrogens is 667 g/mol. The maximum Gasteiger partial charge on any atom is 0.143 e. The Balaban J connectivity index is 0.965. The fourth-order valence-electron chi connectivity index (χ4n) is 9.77. The summed E-state index contributed by atoms with van der Waals surface area (Å²) in [7, 11) is 0. The van der Waals surface area contributed by atoms with Crippen LogP contribution in [0.5, 0.6) is 0 Å². The van der Waals surface area contributed by atoms with Crippen molar-refractivity contribution in [2.45, 2.75) is 19.3 Å². The summed E-state index contributed by atoms with van der Waals surface area (Å²) >= 11 is 0. The fraction of sp³-hybridized carbons (Fsp3) is 0.0566. The number of fused-ring (bicyclic) bond motifs is 4. The minimum absolute atomic E-state index is 0.0753. The molecule has 55 heavy (non-hydrogen) atoms. The van der Waals surface area contributed by atoms with Gasteiger partial charge in [-0.15, -0.1) is 0 Å². The average molecular weight is 702 g/mol. The molecular formula is C53H35NO. The topological polar surface area (TPSA) is 16.4 Å². The van der Waals surface area contributed by atoms with Gasteiger partial charge in [0.25, 0.3) is 0 Å². The normalized spacial score (nSPS) is 13.4. The number of hydrogen-bond donors (Lipinski definition) is 0. The van der Waals surface area contributed by atoms with E-state index in [4.69, 9.17) is 4.42 Å². The van der Waals surface area contributed by atoms with Crippen molar-refractivity contribution in [2.24, 2.45) is 0 Å². The van der Waals surface area contributed by atoms with Gasteiger partial charge in [0.15, 0.2) is 0 Å². The minimum atomic E-state index is -0.0753. The summed E-state index contributed by atoms with van der Waals surface area (Å²) in [5, 5.41) is 10.1. The van der Waals surface area contributed by atoms with Crippen molar-refractivity contribution in [3.63, 3.8) is 0 Å². The van der Waals surface area contributed by atoms with E-state index in [1.54, 1.807) is 0 Å². The fourth-order valence-corrected chi connectivity index (χ4v) is 9.77. The van der Waals surface area contributed by atoms with Gasteiger partial charge in [-0.25, -0.2) is 0 Å². The number of benzene rings is 10. The summed E-state index contributed by atoms with van der Waals surface area (Å²) in [6.45, 7) is 4.69. The molecule has 10 aromatic carbocycles. The summed E-state index contributed by atoms with van der Waals surface area (Å²) in [5.41, 5.74) is 15.3. The van der Waals surface area contributed by atoms with Crippen molar-refractivity contribution >= 4 is 71.3 Å². The zero-order valence-electron chi connectivity index (χ0n) is 30.6. The van der Waals surface area contributed by atoms with Crippen LogP contribution in [0, 0.1) is 0 Å². The van der Waals surface area contributed by atoms with Crippen LogP contribution in [0.3, 0.4) is 0 Å². The highest BCUT2D eigenvalue weighted by molar-refractivity contribution is 6.40. The first-order chi connectivity index (χ1) is 27.0. The lowest BCUT2D eigenvalue weighted by molar-refractivity contribution is 0.660. The molecule has 0 amide bonds. The van der Waals surface area contributed by atoms with Crippen LogP contribution in [0.2, 0.25) is 0 Å². The molecule has 12 rings (SSSR count). The van der Waals surface area contributed by atoms with Crippen LogP contribution in [0.25, 0.3) is 87.6 Å². The van der Waals surface area contributed by atoms with Gasteiger partial charge in [0.2, 0.25) is 0 Å². The third kappa shape index (κ3) is 4.25. The van der Waals surface area contributed by atoms with Gasteiger partial charge >= 0.3 is 0 Å². The van der Waals surface area contributed by atoms with Gasteiger partial charge in [-0.3, -0.25) is 0 Å². The summed E-state index contributed by atoms with van der Waals surface area (Å²) < 4.78 is 6.79. The van der Waals surface area contributed by atoms with E-state index in [1.165, 1.54) is 76.5 Å². The smallest absolute Gasteiger partial charge is 0.143 e. The lowest BCUT2D eigenvalue weighted by Crippen LogP contribution is -2.16. The van der Waals surface area contributed by atoms with Crippen LogP contribution < -0.4 is 4.90 Å². The molecule has 0 unspecified atom stereocenters. The Kier molecular flexibility index (Phi) is 6.15. The molecule has 258 valence electrons. The van der Waals surface area contributed by atoms with E-state index in [9.17, 15) is 0 Å². The molecule has 0 radical (unpaired) electrons. The number of furan rings is 1. The number of anilines is 3. The molecule has 0 N–H and O–H groups in total. The highest BCUT2D eigenvalue weighted by Crippen LogP contribution is 2.52. The van der Waals surface area contributed by atoms with Crippen LogP contribution in [-0.4, -0.2) is 0 Å². The molecule has 2 nitrogen and oxygen atoms in total. The van der Waals surface area contributed by atoms with E-state index in [2.05, 4.69) is 195 Å². The highest BCUT2D eigenvalue weighted by atomic mass is 16.3. The first-order valence-electron chi connectivity index (χ1n) is 19.2. The lowest BCUT2D eigenvalue weighted by atomic mass is 9.82. The van der Waals surface area contributed by atoms with E-state index in [1.807, 2.05) is 0 Å².